The van der Waals surface area contributed by atoms with E-state index in [1.54, 1.807) is 0 Å². The summed E-state index contributed by atoms with van der Waals surface area (Å²) in [5.74, 6) is 0.981. The number of halogens is 1. The molecule has 0 fully saturated rings. The molecule has 2 nitrogen and oxygen atoms in total. The van der Waals surface area contributed by atoms with E-state index in [2.05, 4.69) is 23.5 Å². The average Bonchev–Trinajstić information content (AvgIpc) is 2.59. The largest absolute Gasteiger partial charge is 0.322 e. The van der Waals surface area contributed by atoms with Gasteiger partial charge in [-0.15, -0.1) is 11.6 Å². The molecule has 0 bridgehead atoms. The number of rotatable bonds is 3. The van der Waals surface area contributed by atoms with Crippen LogP contribution >= 0.6 is 11.6 Å². The SMILES string of the molecule is CC1=C(CCCl)C(=O)N/C1=C\[C@@H]1C=CCCC1. The predicted molar refractivity (Wildman–Crippen MR) is 70.7 cm³/mol. The van der Waals surface area contributed by atoms with E-state index in [9.17, 15) is 4.79 Å². The monoisotopic (exact) mass is 251 g/mol. The van der Waals surface area contributed by atoms with Crippen molar-refractivity contribution in [2.24, 2.45) is 5.92 Å². The minimum absolute atomic E-state index is 0.0224. The number of carbonyl (C=O) groups excluding carboxylic acids is 1. The molecule has 0 aromatic heterocycles. The summed E-state index contributed by atoms with van der Waals surface area (Å²) in [6.07, 6.45) is 10.9. The fourth-order valence-electron chi connectivity index (χ4n) is 2.38. The van der Waals surface area contributed by atoms with Gasteiger partial charge in [0.05, 0.1) is 0 Å². The molecule has 2 rings (SSSR count). The van der Waals surface area contributed by atoms with Crippen molar-refractivity contribution in [3.05, 3.63) is 35.1 Å². The highest BCUT2D eigenvalue weighted by Crippen LogP contribution is 2.27. The van der Waals surface area contributed by atoms with Crippen LogP contribution in [0.1, 0.15) is 32.6 Å². The van der Waals surface area contributed by atoms with Crippen LogP contribution in [0.4, 0.5) is 0 Å². The summed E-state index contributed by atoms with van der Waals surface area (Å²) >= 11 is 5.71. The average molecular weight is 252 g/mol. The Balaban J connectivity index is 2.17. The van der Waals surface area contributed by atoms with Gasteiger partial charge in [-0.3, -0.25) is 4.79 Å². The van der Waals surface area contributed by atoms with E-state index in [0.717, 1.165) is 16.8 Å². The van der Waals surface area contributed by atoms with Gasteiger partial charge < -0.3 is 5.32 Å². The number of nitrogens with one attached hydrogen (secondary N) is 1. The second kappa shape index (κ2) is 5.54. The Morgan fingerprint density at radius 1 is 1.59 bits per heavy atom. The minimum atomic E-state index is 0.0224. The number of allylic oxidation sites excluding steroid dienone is 4. The van der Waals surface area contributed by atoms with Crippen molar-refractivity contribution < 1.29 is 4.79 Å². The molecule has 92 valence electrons. The predicted octanol–water partition coefficient (Wildman–Crippen LogP) is 3.30. The van der Waals surface area contributed by atoms with Crippen molar-refractivity contribution in [2.75, 3.05) is 5.88 Å². The Hall–Kier alpha value is -1.02. The van der Waals surface area contributed by atoms with Gasteiger partial charge in [-0.25, -0.2) is 0 Å². The third kappa shape index (κ3) is 2.81. The molecule has 3 heteroatoms. The first-order valence-corrected chi connectivity index (χ1v) is 6.71. The number of hydrogen-bond acceptors (Lipinski definition) is 1. The molecule has 1 aliphatic carbocycles. The maximum absolute atomic E-state index is 11.7. The van der Waals surface area contributed by atoms with Gasteiger partial charge in [0.1, 0.15) is 0 Å². The molecule has 17 heavy (non-hydrogen) atoms. The van der Waals surface area contributed by atoms with E-state index in [4.69, 9.17) is 11.6 Å². The Morgan fingerprint density at radius 2 is 2.41 bits per heavy atom. The second-order valence-corrected chi connectivity index (χ2v) is 4.98. The molecule has 0 aromatic carbocycles. The normalized spacial score (nSPS) is 26.8. The van der Waals surface area contributed by atoms with Crippen LogP contribution in [0, 0.1) is 5.92 Å². The molecule has 1 amide bonds. The van der Waals surface area contributed by atoms with Crippen LogP contribution in [-0.4, -0.2) is 11.8 Å². The number of alkyl halides is 1. The Kier molecular flexibility index (Phi) is 4.06. The van der Waals surface area contributed by atoms with E-state index < -0.39 is 0 Å². The molecule has 1 aliphatic heterocycles. The lowest BCUT2D eigenvalue weighted by molar-refractivity contribution is -0.116. The summed E-state index contributed by atoms with van der Waals surface area (Å²) in [5, 5.41) is 2.94. The molecule has 1 heterocycles. The van der Waals surface area contributed by atoms with Crippen LogP contribution in [0.25, 0.3) is 0 Å². The van der Waals surface area contributed by atoms with Crippen molar-refractivity contribution in [1.29, 1.82) is 0 Å². The molecule has 0 saturated carbocycles. The van der Waals surface area contributed by atoms with Gasteiger partial charge in [0.25, 0.3) is 5.91 Å². The lowest BCUT2D eigenvalue weighted by Crippen LogP contribution is -2.17. The van der Waals surface area contributed by atoms with E-state index in [-0.39, 0.29) is 5.91 Å². The van der Waals surface area contributed by atoms with Crippen molar-refractivity contribution >= 4 is 17.5 Å². The van der Waals surface area contributed by atoms with Crippen LogP contribution in [0.3, 0.4) is 0 Å². The maximum atomic E-state index is 11.7. The molecule has 1 atom stereocenters. The smallest absolute Gasteiger partial charge is 0.251 e. The van der Waals surface area contributed by atoms with E-state index >= 15 is 0 Å². The Morgan fingerprint density at radius 3 is 3.06 bits per heavy atom. The summed E-state index contributed by atoms with van der Waals surface area (Å²) in [6, 6.07) is 0. The lowest BCUT2D eigenvalue weighted by atomic mass is 9.94. The molecule has 1 N–H and O–H groups in total. The van der Waals surface area contributed by atoms with Gasteiger partial charge >= 0.3 is 0 Å². The molecule has 0 aromatic rings. The quantitative estimate of drug-likeness (QED) is 0.605. The third-order valence-electron chi connectivity index (χ3n) is 3.40. The number of carbonyl (C=O) groups is 1. The van der Waals surface area contributed by atoms with E-state index in [1.165, 1.54) is 19.3 Å². The van der Waals surface area contributed by atoms with Crippen molar-refractivity contribution in [3.63, 3.8) is 0 Å². The van der Waals surface area contributed by atoms with E-state index in [0.29, 0.717) is 18.2 Å². The van der Waals surface area contributed by atoms with Gasteiger partial charge in [-0.05, 0) is 44.1 Å². The zero-order valence-corrected chi connectivity index (χ0v) is 10.9. The fourth-order valence-corrected chi connectivity index (χ4v) is 2.57. The van der Waals surface area contributed by atoms with Gasteiger partial charge in [0.15, 0.2) is 0 Å². The van der Waals surface area contributed by atoms with Crippen molar-refractivity contribution in [2.45, 2.75) is 32.6 Å². The molecule has 2 aliphatic rings. The number of amides is 1. The Bertz CT molecular complexity index is 406. The van der Waals surface area contributed by atoms with Crippen LogP contribution in [0.5, 0.6) is 0 Å². The fraction of sp³-hybridized carbons (Fsp3) is 0.500. The van der Waals surface area contributed by atoms with Crippen LogP contribution in [0.2, 0.25) is 0 Å². The molecular formula is C14H18ClNO. The van der Waals surface area contributed by atoms with E-state index in [1.807, 2.05) is 6.92 Å². The zero-order chi connectivity index (χ0) is 12.3. The summed E-state index contributed by atoms with van der Waals surface area (Å²) in [7, 11) is 0. The van der Waals surface area contributed by atoms with Gasteiger partial charge in [-0.1, -0.05) is 18.2 Å². The third-order valence-corrected chi connectivity index (χ3v) is 3.58. The zero-order valence-electron chi connectivity index (χ0n) is 10.1. The molecular weight excluding hydrogens is 234 g/mol. The first-order valence-electron chi connectivity index (χ1n) is 6.18. The Labute approximate surface area is 107 Å². The standard InChI is InChI=1S/C14H18ClNO/c1-10-12(7-8-15)14(17)16-13(10)9-11-5-3-2-4-6-11/h3,5,9,11H,2,4,6-8H2,1H3,(H,16,17)/b13-9-/t11-/m1/s1. The minimum Gasteiger partial charge on any atom is -0.322 e. The van der Waals surface area contributed by atoms with Crippen molar-refractivity contribution in [1.82, 2.24) is 5.32 Å². The maximum Gasteiger partial charge on any atom is 0.251 e. The lowest BCUT2D eigenvalue weighted by Gasteiger charge is -2.13. The van der Waals surface area contributed by atoms with Gasteiger partial charge in [-0.2, -0.15) is 0 Å². The van der Waals surface area contributed by atoms with Gasteiger partial charge in [0.2, 0.25) is 0 Å². The number of hydrogen-bond donors (Lipinski definition) is 1. The highest BCUT2D eigenvalue weighted by Gasteiger charge is 2.23. The second-order valence-electron chi connectivity index (χ2n) is 4.60. The molecule has 0 saturated heterocycles. The highest BCUT2D eigenvalue weighted by atomic mass is 35.5. The molecule has 0 radical (unpaired) electrons. The van der Waals surface area contributed by atoms with Crippen molar-refractivity contribution in [3.8, 4) is 0 Å². The van der Waals surface area contributed by atoms with Gasteiger partial charge in [0, 0.05) is 17.2 Å². The summed E-state index contributed by atoms with van der Waals surface area (Å²) in [5.41, 5.74) is 2.88. The summed E-state index contributed by atoms with van der Waals surface area (Å²) < 4.78 is 0. The first-order chi connectivity index (χ1) is 8.22. The highest BCUT2D eigenvalue weighted by molar-refractivity contribution is 6.18. The van der Waals surface area contributed by atoms with Crippen LogP contribution < -0.4 is 5.32 Å². The molecule has 0 unspecified atom stereocenters. The molecule has 0 spiro atoms. The first kappa shape index (κ1) is 12.4. The summed E-state index contributed by atoms with van der Waals surface area (Å²) in [6.45, 7) is 2.00. The van der Waals surface area contributed by atoms with Crippen LogP contribution in [-0.2, 0) is 4.79 Å². The topological polar surface area (TPSA) is 29.1 Å². The summed E-state index contributed by atoms with van der Waals surface area (Å²) in [4.78, 5) is 11.7. The van der Waals surface area contributed by atoms with Crippen LogP contribution in [0.15, 0.2) is 35.1 Å².